The van der Waals surface area contributed by atoms with E-state index in [1.54, 1.807) is 6.08 Å². The Hall–Kier alpha value is -1.36. The molecule has 0 aliphatic carbocycles. The summed E-state index contributed by atoms with van der Waals surface area (Å²) in [6, 6.07) is -0.942. The van der Waals surface area contributed by atoms with E-state index in [1.165, 1.54) is 6.92 Å². The van der Waals surface area contributed by atoms with Crippen molar-refractivity contribution >= 4 is 11.9 Å². The maximum atomic E-state index is 12.1. The van der Waals surface area contributed by atoms with E-state index in [0.717, 1.165) is 0 Å². The monoisotopic (exact) mass is 284 g/mol. The molecule has 0 bridgehead atoms. The van der Waals surface area contributed by atoms with Gasteiger partial charge in [0.15, 0.2) is 0 Å². The number of nitrogens with two attached hydrogens (primary N) is 1. The highest BCUT2D eigenvalue weighted by molar-refractivity contribution is 5.86. The highest BCUT2D eigenvalue weighted by Gasteiger charge is 2.28. The van der Waals surface area contributed by atoms with Gasteiger partial charge in [-0.1, -0.05) is 40.7 Å². The fraction of sp³-hybridized carbons (Fsp3) is 0.733. The highest BCUT2D eigenvalue weighted by Crippen LogP contribution is 2.18. The summed E-state index contributed by atoms with van der Waals surface area (Å²) in [5, 5.41) is 11.8. The van der Waals surface area contributed by atoms with E-state index in [-0.39, 0.29) is 22.9 Å². The summed E-state index contributed by atoms with van der Waals surface area (Å²) in [4.78, 5) is 23.0. The van der Waals surface area contributed by atoms with Gasteiger partial charge in [-0.3, -0.25) is 4.79 Å². The molecule has 0 aromatic rings. The maximum absolute atomic E-state index is 12.1. The van der Waals surface area contributed by atoms with E-state index >= 15 is 0 Å². The van der Waals surface area contributed by atoms with Crippen molar-refractivity contribution < 1.29 is 14.7 Å². The smallest absolute Gasteiger partial charge is 0.331 e. The van der Waals surface area contributed by atoms with Crippen LogP contribution in [0.5, 0.6) is 0 Å². The van der Waals surface area contributed by atoms with Crippen molar-refractivity contribution in [2.45, 2.75) is 60.0 Å². The minimum Gasteiger partial charge on any atom is -0.478 e. The lowest BCUT2D eigenvalue weighted by Crippen LogP contribution is -2.51. The van der Waals surface area contributed by atoms with Gasteiger partial charge in [0.25, 0.3) is 0 Å². The Kier molecular flexibility index (Phi) is 6.92. The number of aliphatic carboxylic acids is 1. The van der Waals surface area contributed by atoms with Crippen LogP contribution in [0.15, 0.2) is 11.6 Å². The lowest BCUT2D eigenvalue weighted by atomic mass is 9.86. The fourth-order valence-corrected chi connectivity index (χ4v) is 1.72. The Morgan fingerprint density at radius 1 is 1.30 bits per heavy atom. The van der Waals surface area contributed by atoms with Gasteiger partial charge in [-0.2, -0.15) is 0 Å². The topological polar surface area (TPSA) is 92.4 Å². The van der Waals surface area contributed by atoms with E-state index in [2.05, 4.69) is 5.32 Å². The van der Waals surface area contributed by atoms with Crippen molar-refractivity contribution in [3.8, 4) is 0 Å². The third-order valence-electron chi connectivity index (χ3n) is 3.06. The zero-order valence-corrected chi connectivity index (χ0v) is 13.4. The molecule has 20 heavy (non-hydrogen) atoms. The van der Waals surface area contributed by atoms with Gasteiger partial charge in [0.1, 0.15) is 0 Å². The average Bonchev–Trinajstić information content (AvgIpc) is 2.25. The van der Waals surface area contributed by atoms with Gasteiger partial charge >= 0.3 is 5.97 Å². The molecule has 0 rings (SSSR count). The largest absolute Gasteiger partial charge is 0.478 e. The number of rotatable bonds is 6. The van der Waals surface area contributed by atoms with Crippen LogP contribution in [0.4, 0.5) is 0 Å². The Labute approximate surface area is 121 Å². The molecule has 0 aliphatic rings. The predicted molar refractivity (Wildman–Crippen MR) is 80.2 cm³/mol. The lowest BCUT2D eigenvalue weighted by molar-refractivity contribution is -0.132. The number of amides is 1. The molecule has 0 aliphatic heterocycles. The molecule has 0 heterocycles. The zero-order valence-electron chi connectivity index (χ0n) is 13.4. The summed E-state index contributed by atoms with van der Waals surface area (Å²) in [5.74, 6) is -0.894. The summed E-state index contributed by atoms with van der Waals surface area (Å²) >= 11 is 0. The van der Waals surface area contributed by atoms with Crippen LogP contribution in [0.2, 0.25) is 0 Å². The van der Waals surface area contributed by atoms with Crippen LogP contribution in [0.1, 0.15) is 48.0 Å². The first-order chi connectivity index (χ1) is 8.95. The van der Waals surface area contributed by atoms with Crippen LogP contribution in [-0.2, 0) is 9.59 Å². The molecule has 0 unspecified atom stereocenters. The van der Waals surface area contributed by atoms with Crippen LogP contribution in [-0.4, -0.2) is 29.1 Å². The van der Waals surface area contributed by atoms with E-state index in [4.69, 9.17) is 10.8 Å². The van der Waals surface area contributed by atoms with Crippen molar-refractivity contribution in [3.05, 3.63) is 11.6 Å². The second-order valence-electron chi connectivity index (χ2n) is 6.74. The van der Waals surface area contributed by atoms with Gasteiger partial charge in [-0.05, 0) is 24.7 Å². The van der Waals surface area contributed by atoms with E-state index in [0.29, 0.717) is 12.3 Å². The molecule has 0 aromatic heterocycles. The van der Waals surface area contributed by atoms with E-state index in [9.17, 15) is 9.59 Å². The van der Waals surface area contributed by atoms with Gasteiger partial charge in [0, 0.05) is 11.6 Å². The van der Waals surface area contributed by atoms with Crippen molar-refractivity contribution in [2.75, 3.05) is 0 Å². The zero-order chi connectivity index (χ0) is 16.1. The Balaban J connectivity index is 4.96. The van der Waals surface area contributed by atoms with Crippen LogP contribution in [0, 0.1) is 11.3 Å². The third-order valence-corrected chi connectivity index (χ3v) is 3.06. The molecule has 0 saturated carbocycles. The molecule has 4 N–H and O–H groups in total. The fourth-order valence-electron chi connectivity index (χ4n) is 1.72. The van der Waals surface area contributed by atoms with Crippen molar-refractivity contribution in [1.82, 2.24) is 5.32 Å². The highest BCUT2D eigenvalue weighted by atomic mass is 16.4. The normalized spacial score (nSPS) is 15.9. The second-order valence-corrected chi connectivity index (χ2v) is 6.74. The molecule has 2 atom stereocenters. The molecule has 0 aromatic carbocycles. The number of hydrogen-bond acceptors (Lipinski definition) is 3. The van der Waals surface area contributed by atoms with Crippen molar-refractivity contribution in [2.24, 2.45) is 17.1 Å². The van der Waals surface area contributed by atoms with Gasteiger partial charge in [0.2, 0.25) is 5.91 Å². The molecule has 5 nitrogen and oxygen atoms in total. The Morgan fingerprint density at radius 2 is 1.80 bits per heavy atom. The van der Waals surface area contributed by atoms with Crippen LogP contribution < -0.4 is 11.1 Å². The number of carbonyl (C=O) groups is 2. The summed E-state index contributed by atoms with van der Waals surface area (Å²) in [5.41, 5.74) is 5.80. The third kappa shape index (κ3) is 6.70. The first-order valence-corrected chi connectivity index (χ1v) is 6.92. The first kappa shape index (κ1) is 18.6. The first-order valence-electron chi connectivity index (χ1n) is 6.92. The summed E-state index contributed by atoms with van der Waals surface area (Å²) in [7, 11) is 0. The van der Waals surface area contributed by atoms with Crippen molar-refractivity contribution in [3.63, 3.8) is 0 Å². The number of carboxylic acid groups (broad SMARTS) is 1. The average molecular weight is 284 g/mol. The van der Waals surface area contributed by atoms with Gasteiger partial charge in [0.05, 0.1) is 6.04 Å². The Bertz CT molecular complexity index is 381. The second kappa shape index (κ2) is 7.43. The quantitative estimate of drug-likeness (QED) is 0.650. The molecule has 0 spiro atoms. The van der Waals surface area contributed by atoms with Gasteiger partial charge in [-0.25, -0.2) is 4.79 Å². The number of carboxylic acids is 1. The van der Waals surface area contributed by atoms with Crippen molar-refractivity contribution in [1.29, 1.82) is 0 Å². The lowest BCUT2D eigenvalue weighted by Gasteiger charge is -2.28. The molecule has 0 saturated heterocycles. The molecular formula is C15H28N2O3. The maximum Gasteiger partial charge on any atom is 0.331 e. The predicted octanol–water partition coefficient (Wildman–Crippen LogP) is 1.92. The Morgan fingerprint density at radius 3 is 2.15 bits per heavy atom. The van der Waals surface area contributed by atoms with E-state index in [1.807, 2.05) is 34.6 Å². The van der Waals surface area contributed by atoms with Gasteiger partial charge in [-0.15, -0.1) is 0 Å². The number of carbonyl (C=O) groups excluding carboxylic acids is 1. The summed E-state index contributed by atoms with van der Waals surface area (Å²) in [6.07, 6.45) is 2.25. The van der Waals surface area contributed by atoms with E-state index < -0.39 is 12.0 Å². The molecular weight excluding hydrogens is 256 g/mol. The minimum atomic E-state index is -0.979. The SMILES string of the molecule is CC(=C[C@H](CC(C)C)NC(=O)[C@@H](N)C(C)(C)C)C(=O)O. The summed E-state index contributed by atoms with van der Waals surface area (Å²) < 4.78 is 0. The standard InChI is InChI=1S/C15H28N2O3/c1-9(2)7-11(8-10(3)14(19)20)17-13(18)12(16)15(4,5)6/h8-9,11-12H,7,16H2,1-6H3,(H,17,18)(H,19,20)/t11-,12+/m0/s1. The van der Waals surface area contributed by atoms with Crippen LogP contribution in [0.3, 0.4) is 0 Å². The minimum absolute atomic E-state index is 0.222. The molecule has 116 valence electrons. The number of nitrogens with one attached hydrogen (secondary N) is 1. The van der Waals surface area contributed by atoms with Gasteiger partial charge < -0.3 is 16.2 Å². The molecule has 5 heteroatoms. The van der Waals surface area contributed by atoms with Crippen LogP contribution in [0.25, 0.3) is 0 Å². The molecule has 1 amide bonds. The number of hydrogen-bond donors (Lipinski definition) is 3. The van der Waals surface area contributed by atoms with Crippen LogP contribution >= 0.6 is 0 Å². The summed E-state index contributed by atoms with van der Waals surface area (Å²) in [6.45, 7) is 11.2. The molecule has 0 fully saturated rings. The molecule has 0 radical (unpaired) electrons.